The lowest BCUT2D eigenvalue weighted by Crippen LogP contribution is -2.11. The Balaban J connectivity index is 2.57. The van der Waals surface area contributed by atoms with Gasteiger partial charge in [-0.05, 0) is 31.0 Å². The highest BCUT2D eigenvalue weighted by atomic mass is 16.1. The number of aromatic nitrogens is 1. The predicted molar refractivity (Wildman–Crippen MR) is 46.5 cm³/mol. The second-order valence-electron chi connectivity index (χ2n) is 2.79. The van der Waals surface area contributed by atoms with Crippen molar-refractivity contribution in [2.45, 2.75) is 19.8 Å². The summed E-state index contributed by atoms with van der Waals surface area (Å²) in [6.45, 7) is 2.00. The van der Waals surface area contributed by atoms with E-state index < -0.39 is 0 Å². The molecular weight excluding hydrogens is 152 g/mol. The molecule has 12 heavy (non-hydrogen) atoms. The number of pyridine rings is 1. The fourth-order valence-electron chi connectivity index (χ4n) is 0.987. The Morgan fingerprint density at radius 3 is 3.00 bits per heavy atom. The van der Waals surface area contributed by atoms with Crippen LogP contribution in [0.1, 0.15) is 17.7 Å². The molecule has 0 unspecified atom stereocenters. The van der Waals surface area contributed by atoms with Gasteiger partial charge in [-0.1, -0.05) is 0 Å². The van der Waals surface area contributed by atoms with Crippen LogP contribution in [0, 0.1) is 6.92 Å². The largest absolute Gasteiger partial charge is 0.370 e. The minimum absolute atomic E-state index is 0.279. The average Bonchev–Trinajstić information content (AvgIpc) is 2.01. The van der Waals surface area contributed by atoms with Crippen molar-refractivity contribution >= 4 is 5.91 Å². The number of hydrogen-bond acceptors (Lipinski definition) is 2. The topological polar surface area (TPSA) is 56.0 Å². The van der Waals surface area contributed by atoms with Crippen LogP contribution in [0.5, 0.6) is 0 Å². The molecule has 0 aliphatic rings. The van der Waals surface area contributed by atoms with Crippen LogP contribution in [0.4, 0.5) is 0 Å². The van der Waals surface area contributed by atoms with Crippen LogP contribution in [0.3, 0.4) is 0 Å². The molecule has 3 nitrogen and oxygen atoms in total. The van der Waals surface area contributed by atoms with Gasteiger partial charge in [-0.2, -0.15) is 0 Å². The first-order chi connectivity index (χ1) is 5.68. The zero-order valence-electron chi connectivity index (χ0n) is 7.08. The maximum Gasteiger partial charge on any atom is 0.217 e. The lowest BCUT2D eigenvalue weighted by Gasteiger charge is -1.98. The maximum atomic E-state index is 10.5. The van der Waals surface area contributed by atoms with Gasteiger partial charge in [-0.3, -0.25) is 9.78 Å². The summed E-state index contributed by atoms with van der Waals surface area (Å²) in [4.78, 5) is 14.6. The van der Waals surface area contributed by atoms with Gasteiger partial charge in [0.15, 0.2) is 0 Å². The van der Waals surface area contributed by atoms with Crippen LogP contribution in [-0.4, -0.2) is 10.9 Å². The maximum absolute atomic E-state index is 10.5. The van der Waals surface area contributed by atoms with Crippen molar-refractivity contribution in [3.05, 3.63) is 29.6 Å². The van der Waals surface area contributed by atoms with Gasteiger partial charge in [0.2, 0.25) is 5.91 Å². The van der Waals surface area contributed by atoms with Crippen molar-refractivity contribution in [2.24, 2.45) is 5.73 Å². The Labute approximate surface area is 71.6 Å². The third-order valence-electron chi connectivity index (χ3n) is 1.60. The van der Waals surface area contributed by atoms with Crippen molar-refractivity contribution in [2.75, 3.05) is 0 Å². The summed E-state index contributed by atoms with van der Waals surface area (Å²) < 4.78 is 0. The number of aryl methyl sites for hydroxylation is 2. The van der Waals surface area contributed by atoms with Crippen LogP contribution in [0.2, 0.25) is 0 Å². The normalized spacial score (nSPS) is 9.75. The SMILES string of the molecule is Cc1ccnc(CCC(N)=O)c1. The van der Waals surface area contributed by atoms with Crippen LogP contribution in [-0.2, 0) is 11.2 Å². The molecule has 0 saturated carbocycles. The molecule has 0 saturated heterocycles. The van der Waals surface area contributed by atoms with E-state index in [-0.39, 0.29) is 5.91 Å². The summed E-state index contributed by atoms with van der Waals surface area (Å²) >= 11 is 0. The second-order valence-corrected chi connectivity index (χ2v) is 2.79. The van der Waals surface area contributed by atoms with E-state index in [2.05, 4.69) is 4.98 Å². The standard InChI is InChI=1S/C9H12N2O/c1-7-4-5-11-8(6-7)2-3-9(10)12/h4-6H,2-3H2,1H3,(H2,10,12). The number of carbonyl (C=O) groups is 1. The van der Waals surface area contributed by atoms with E-state index in [0.717, 1.165) is 11.3 Å². The van der Waals surface area contributed by atoms with Gasteiger partial charge >= 0.3 is 0 Å². The molecular formula is C9H12N2O. The molecule has 64 valence electrons. The highest BCUT2D eigenvalue weighted by Crippen LogP contribution is 2.02. The Hall–Kier alpha value is -1.38. The fraction of sp³-hybridized carbons (Fsp3) is 0.333. The summed E-state index contributed by atoms with van der Waals surface area (Å²) in [5, 5.41) is 0. The van der Waals surface area contributed by atoms with Gasteiger partial charge in [-0.25, -0.2) is 0 Å². The molecule has 1 aromatic heterocycles. The number of nitrogens with zero attached hydrogens (tertiary/aromatic N) is 1. The zero-order chi connectivity index (χ0) is 8.97. The summed E-state index contributed by atoms with van der Waals surface area (Å²) in [6.07, 6.45) is 2.75. The van der Waals surface area contributed by atoms with Crippen LogP contribution in [0.15, 0.2) is 18.3 Å². The first-order valence-corrected chi connectivity index (χ1v) is 3.88. The lowest BCUT2D eigenvalue weighted by molar-refractivity contribution is -0.118. The Morgan fingerprint density at radius 2 is 2.42 bits per heavy atom. The third kappa shape index (κ3) is 2.70. The quantitative estimate of drug-likeness (QED) is 0.718. The summed E-state index contributed by atoms with van der Waals surface area (Å²) in [5.74, 6) is -0.279. The Morgan fingerprint density at radius 1 is 1.67 bits per heavy atom. The number of amides is 1. The predicted octanol–water partition coefficient (Wildman–Crippen LogP) is 0.808. The Bertz CT molecular complexity index is 284. The van der Waals surface area contributed by atoms with E-state index in [0.29, 0.717) is 12.8 Å². The number of nitrogens with two attached hydrogens (primary N) is 1. The molecule has 1 amide bonds. The molecule has 0 radical (unpaired) electrons. The van der Waals surface area contributed by atoms with Crippen LogP contribution >= 0.6 is 0 Å². The molecule has 0 aliphatic heterocycles. The molecule has 0 aliphatic carbocycles. The smallest absolute Gasteiger partial charge is 0.217 e. The van der Waals surface area contributed by atoms with E-state index in [4.69, 9.17) is 5.73 Å². The fourth-order valence-corrected chi connectivity index (χ4v) is 0.987. The van der Waals surface area contributed by atoms with Gasteiger partial charge in [0.05, 0.1) is 0 Å². The molecule has 2 N–H and O–H groups in total. The monoisotopic (exact) mass is 164 g/mol. The number of carbonyl (C=O) groups excluding carboxylic acids is 1. The van der Waals surface area contributed by atoms with Gasteiger partial charge in [-0.15, -0.1) is 0 Å². The number of hydrogen-bond donors (Lipinski definition) is 1. The Kier molecular flexibility index (Phi) is 2.80. The van der Waals surface area contributed by atoms with Gasteiger partial charge < -0.3 is 5.73 Å². The molecule has 1 heterocycles. The molecule has 0 aromatic carbocycles. The molecule has 0 bridgehead atoms. The summed E-state index contributed by atoms with van der Waals surface area (Å²) in [5.41, 5.74) is 7.09. The van der Waals surface area contributed by atoms with Gasteiger partial charge in [0.25, 0.3) is 0 Å². The number of rotatable bonds is 3. The first kappa shape index (κ1) is 8.71. The third-order valence-corrected chi connectivity index (χ3v) is 1.60. The molecule has 0 fully saturated rings. The minimum Gasteiger partial charge on any atom is -0.370 e. The van der Waals surface area contributed by atoms with Gasteiger partial charge in [0.1, 0.15) is 0 Å². The van der Waals surface area contributed by atoms with Crippen molar-refractivity contribution in [1.29, 1.82) is 0 Å². The van der Waals surface area contributed by atoms with Crippen LogP contribution in [0.25, 0.3) is 0 Å². The van der Waals surface area contributed by atoms with E-state index in [9.17, 15) is 4.79 Å². The highest BCUT2D eigenvalue weighted by molar-refractivity contribution is 5.73. The van der Waals surface area contributed by atoms with Gasteiger partial charge in [0, 0.05) is 18.3 Å². The average molecular weight is 164 g/mol. The molecule has 1 rings (SSSR count). The minimum atomic E-state index is -0.279. The van der Waals surface area contributed by atoms with Crippen molar-refractivity contribution in [3.63, 3.8) is 0 Å². The van der Waals surface area contributed by atoms with Crippen molar-refractivity contribution < 1.29 is 4.79 Å². The van der Waals surface area contributed by atoms with Crippen LogP contribution < -0.4 is 5.73 Å². The highest BCUT2D eigenvalue weighted by Gasteiger charge is 1.97. The molecule has 0 atom stereocenters. The van der Waals surface area contributed by atoms with Crippen molar-refractivity contribution in [1.82, 2.24) is 4.98 Å². The lowest BCUT2D eigenvalue weighted by atomic mass is 10.2. The molecule has 1 aromatic rings. The summed E-state index contributed by atoms with van der Waals surface area (Å²) in [7, 11) is 0. The van der Waals surface area contributed by atoms with E-state index in [1.807, 2.05) is 19.1 Å². The van der Waals surface area contributed by atoms with E-state index in [1.165, 1.54) is 0 Å². The number of primary amides is 1. The second kappa shape index (κ2) is 3.85. The van der Waals surface area contributed by atoms with Crippen molar-refractivity contribution in [3.8, 4) is 0 Å². The summed E-state index contributed by atoms with van der Waals surface area (Å²) in [6, 6.07) is 3.89. The van der Waals surface area contributed by atoms with E-state index in [1.54, 1.807) is 6.20 Å². The zero-order valence-corrected chi connectivity index (χ0v) is 7.08. The first-order valence-electron chi connectivity index (χ1n) is 3.88. The molecule has 3 heteroatoms. The molecule has 0 spiro atoms. The van der Waals surface area contributed by atoms with E-state index >= 15 is 0 Å².